The van der Waals surface area contributed by atoms with E-state index in [2.05, 4.69) is 15.6 Å². The molecule has 0 bridgehead atoms. The highest BCUT2D eigenvalue weighted by molar-refractivity contribution is 6.03. The fraction of sp³-hybridized carbons (Fsp3) is 0.0500. The van der Waals surface area contributed by atoms with E-state index in [-0.39, 0.29) is 11.5 Å². The van der Waals surface area contributed by atoms with Crippen LogP contribution in [0.2, 0.25) is 0 Å². The van der Waals surface area contributed by atoms with E-state index < -0.39 is 23.2 Å². The van der Waals surface area contributed by atoms with Gasteiger partial charge in [0.15, 0.2) is 5.78 Å². The van der Waals surface area contributed by atoms with E-state index in [0.29, 0.717) is 16.9 Å². The molecule has 0 aliphatic heterocycles. The summed E-state index contributed by atoms with van der Waals surface area (Å²) < 4.78 is 27.3. The lowest BCUT2D eigenvalue weighted by Gasteiger charge is -2.10. The Kier molecular flexibility index (Phi) is 5.21. The number of carbonyl (C=O) groups is 2. The lowest BCUT2D eigenvalue weighted by Crippen LogP contribution is -2.16. The number of carbonyl (C=O) groups excluding carboxylic acids is 2. The standard InChI is InChI=1S/C20H15F2N3O2/c1-12(26)13-5-7-14(8-6-13)24-15-9-10-23-18(11-15)20(27)25-19-16(21)3-2-4-17(19)22/h2-11H,1H3,(H,23,24)(H,25,27). The summed E-state index contributed by atoms with van der Waals surface area (Å²) in [7, 11) is 0. The van der Waals surface area contributed by atoms with Gasteiger partial charge in [-0.1, -0.05) is 6.07 Å². The van der Waals surface area contributed by atoms with Gasteiger partial charge in [0.05, 0.1) is 0 Å². The molecule has 0 aliphatic rings. The molecule has 0 saturated heterocycles. The largest absolute Gasteiger partial charge is 0.355 e. The van der Waals surface area contributed by atoms with Crippen LogP contribution in [0.3, 0.4) is 0 Å². The average Bonchev–Trinajstić information content (AvgIpc) is 2.65. The lowest BCUT2D eigenvalue weighted by molar-refractivity contribution is 0.101. The Hall–Kier alpha value is -3.61. The maximum Gasteiger partial charge on any atom is 0.274 e. The first-order valence-electron chi connectivity index (χ1n) is 8.03. The third-order valence-corrected chi connectivity index (χ3v) is 3.77. The normalized spacial score (nSPS) is 10.3. The first-order chi connectivity index (χ1) is 12.9. The molecule has 0 unspecified atom stereocenters. The monoisotopic (exact) mass is 367 g/mol. The molecule has 0 radical (unpaired) electrons. The van der Waals surface area contributed by atoms with Crippen molar-refractivity contribution in [1.82, 2.24) is 4.98 Å². The van der Waals surface area contributed by atoms with Crippen LogP contribution in [0.5, 0.6) is 0 Å². The van der Waals surface area contributed by atoms with Crippen molar-refractivity contribution in [2.75, 3.05) is 10.6 Å². The van der Waals surface area contributed by atoms with Crippen molar-refractivity contribution in [2.24, 2.45) is 0 Å². The molecular formula is C20H15F2N3O2. The molecule has 0 spiro atoms. The number of hydrogen-bond acceptors (Lipinski definition) is 4. The Morgan fingerprint density at radius 3 is 2.22 bits per heavy atom. The zero-order valence-corrected chi connectivity index (χ0v) is 14.3. The molecule has 2 N–H and O–H groups in total. The first-order valence-corrected chi connectivity index (χ1v) is 8.03. The Morgan fingerprint density at radius 2 is 1.59 bits per heavy atom. The molecule has 0 aliphatic carbocycles. The number of pyridine rings is 1. The van der Waals surface area contributed by atoms with Gasteiger partial charge in [-0.25, -0.2) is 8.78 Å². The molecular weight excluding hydrogens is 352 g/mol. The van der Waals surface area contributed by atoms with Crippen LogP contribution in [-0.2, 0) is 0 Å². The summed E-state index contributed by atoms with van der Waals surface area (Å²) in [6.45, 7) is 1.48. The van der Waals surface area contributed by atoms with E-state index in [9.17, 15) is 18.4 Å². The highest BCUT2D eigenvalue weighted by Gasteiger charge is 2.14. The predicted molar refractivity (Wildman–Crippen MR) is 98.3 cm³/mol. The van der Waals surface area contributed by atoms with Crippen LogP contribution in [0.15, 0.2) is 60.8 Å². The maximum atomic E-state index is 13.7. The van der Waals surface area contributed by atoms with E-state index in [4.69, 9.17) is 0 Å². The van der Waals surface area contributed by atoms with Crippen molar-refractivity contribution < 1.29 is 18.4 Å². The Labute approximate surface area is 154 Å². The Bertz CT molecular complexity index is 984. The number of Topliss-reactive ketones (excluding diaryl/α,β-unsaturated/α-hetero) is 1. The fourth-order valence-electron chi connectivity index (χ4n) is 2.38. The number of nitrogens with one attached hydrogen (secondary N) is 2. The molecule has 0 atom stereocenters. The molecule has 0 saturated carbocycles. The maximum absolute atomic E-state index is 13.7. The van der Waals surface area contributed by atoms with Gasteiger partial charge in [-0.15, -0.1) is 0 Å². The smallest absolute Gasteiger partial charge is 0.274 e. The van der Waals surface area contributed by atoms with Crippen LogP contribution in [0.1, 0.15) is 27.8 Å². The van der Waals surface area contributed by atoms with Gasteiger partial charge < -0.3 is 10.6 Å². The van der Waals surface area contributed by atoms with Gasteiger partial charge in [0, 0.05) is 23.1 Å². The van der Waals surface area contributed by atoms with Crippen molar-refractivity contribution in [3.05, 3.63) is 83.7 Å². The zero-order valence-electron chi connectivity index (χ0n) is 14.3. The molecule has 5 nitrogen and oxygen atoms in total. The minimum atomic E-state index is -0.872. The Morgan fingerprint density at radius 1 is 0.926 bits per heavy atom. The number of amides is 1. The van der Waals surface area contributed by atoms with Gasteiger partial charge in [-0.2, -0.15) is 0 Å². The van der Waals surface area contributed by atoms with E-state index in [0.717, 1.165) is 12.1 Å². The van der Waals surface area contributed by atoms with Crippen LogP contribution in [0.4, 0.5) is 25.8 Å². The molecule has 3 rings (SSSR count). The number of ketones is 1. The first kappa shape index (κ1) is 18.2. The van der Waals surface area contributed by atoms with Crippen molar-refractivity contribution in [2.45, 2.75) is 6.92 Å². The van der Waals surface area contributed by atoms with Gasteiger partial charge in [-0.05, 0) is 55.5 Å². The summed E-state index contributed by atoms with van der Waals surface area (Å²) in [6.07, 6.45) is 1.40. The number of aromatic nitrogens is 1. The van der Waals surface area contributed by atoms with Crippen molar-refractivity contribution >= 4 is 28.8 Å². The van der Waals surface area contributed by atoms with Gasteiger partial charge >= 0.3 is 0 Å². The Balaban J connectivity index is 1.76. The third-order valence-electron chi connectivity index (χ3n) is 3.77. The number of hydrogen-bond donors (Lipinski definition) is 2. The molecule has 1 amide bonds. The molecule has 7 heteroatoms. The van der Waals surface area contributed by atoms with Crippen LogP contribution in [0.25, 0.3) is 0 Å². The molecule has 1 heterocycles. The molecule has 1 aromatic heterocycles. The van der Waals surface area contributed by atoms with Gasteiger partial charge in [0.1, 0.15) is 23.0 Å². The van der Waals surface area contributed by atoms with E-state index in [1.165, 1.54) is 25.3 Å². The van der Waals surface area contributed by atoms with Crippen LogP contribution in [0, 0.1) is 11.6 Å². The summed E-state index contributed by atoms with van der Waals surface area (Å²) in [5.74, 6) is -2.52. The fourth-order valence-corrected chi connectivity index (χ4v) is 2.38. The van der Waals surface area contributed by atoms with Gasteiger partial charge in [-0.3, -0.25) is 14.6 Å². The summed E-state index contributed by atoms with van der Waals surface area (Å²) >= 11 is 0. The van der Waals surface area contributed by atoms with Gasteiger partial charge in [0.2, 0.25) is 0 Å². The number of halogens is 2. The molecule has 2 aromatic carbocycles. The number of anilines is 3. The number of para-hydroxylation sites is 1. The minimum Gasteiger partial charge on any atom is -0.355 e. The van der Waals surface area contributed by atoms with E-state index >= 15 is 0 Å². The second kappa shape index (κ2) is 7.74. The highest BCUT2D eigenvalue weighted by atomic mass is 19.1. The number of nitrogens with zero attached hydrogens (tertiary/aromatic N) is 1. The summed E-state index contributed by atoms with van der Waals surface area (Å²) in [6, 6.07) is 13.2. The van der Waals surface area contributed by atoms with Crippen LogP contribution >= 0.6 is 0 Å². The summed E-state index contributed by atoms with van der Waals surface area (Å²) in [4.78, 5) is 27.5. The average molecular weight is 367 g/mol. The van der Waals surface area contributed by atoms with Crippen LogP contribution in [-0.4, -0.2) is 16.7 Å². The SMILES string of the molecule is CC(=O)c1ccc(Nc2ccnc(C(=O)Nc3c(F)cccc3F)c2)cc1. The zero-order chi connectivity index (χ0) is 19.4. The second-order valence-electron chi connectivity index (χ2n) is 5.74. The quantitative estimate of drug-likeness (QED) is 0.649. The molecule has 27 heavy (non-hydrogen) atoms. The minimum absolute atomic E-state index is 0.0111. The summed E-state index contributed by atoms with van der Waals surface area (Å²) in [5.41, 5.74) is 1.31. The number of benzene rings is 2. The van der Waals surface area contributed by atoms with Crippen LogP contribution < -0.4 is 10.6 Å². The predicted octanol–water partition coefficient (Wildman–Crippen LogP) is 4.56. The van der Waals surface area contributed by atoms with E-state index in [1.807, 2.05) is 0 Å². The van der Waals surface area contributed by atoms with Crippen molar-refractivity contribution in [3.8, 4) is 0 Å². The van der Waals surface area contributed by atoms with Gasteiger partial charge in [0.25, 0.3) is 5.91 Å². The molecule has 3 aromatic rings. The molecule has 0 fully saturated rings. The second-order valence-corrected chi connectivity index (χ2v) is 5.74. The van der Waals surface area contributed by atoms with Crippen molar-refractivity contribution in [3.63, 3.8) is 0 Å². The summed E-state index contributed by atoms with van der Waals surface area (Å²) in [5, 5.41) is 5.26. The number of rotatable bonds is 5. The highest BCUT2D eigenvalue weighted by Crippen LogP contribution is 2.21. The third kappa shape index (κ3) is 4.33. The topological polar surface area (TPSA) is 71.1 Å². The van der Waals surface area contributed by atoms with Crippen molar-refractivity contribution in [1.29, 1.82) is 0 Å². The lowest BCUT2D eigenvalue weighted by atomic mass is 10.1. The van der Waals surface area contributed by atoms with E-state index in [1.54, 1.807) is 30.3 Å². The molecule has 136 valence electrons.